The molecule has 5 rings (SSSR count). The first-order valence-electron chi connectivity index (χ1n) is 10.8. The lowest BCUT2D eigenvalue weighted by atomic mass is 9.84. The van der Waals surface area contributed by atoms with E-state index in [1.54, 1.807) is 31.2 Å². The Bertz CT molecular complexity index is 1210. The fourth-order valence-corrected chi connectivity index (χ4v) is 4.76. The number of ketones is 1. The molecular weight excluding hydrogens is 430 g/mol. The molecule has 2 aromatic carbocycles. The molecule has 1 amide bonds. The molecule has 7 heteroatoms. The smallest absolute Gasteiger partial charge is 0.287 e. The number of carbonyl (C=O) groups is 2. The van der Waals surface area contributed by atoms with E-state index in [0.717, 1.165) is 25.0 Å². The minimum absolute atomic E-state index is 0.0388. The predicted molar refractivity (Wildman–Crippen MR) is 121 cm³/mol. The van der Waals surface area contributed by atoms with Gasteiger partial charge in [-0.3, -0.25) is 9.59 Å². The van der Waals surface area contributed by atoms with Crippen LogP contribution in [-0.2, 0) is 10.3 Å². The fraction of sp³-hybridized carbons (Fsp3) is 0.360. The van der Waals surface area contributed by atoms with Crippen molar-refractivity contribution in [2.24, 2.45) is 0 Å². The summed E-state index contributed by atoms with van der Waals surface area (Å²) in [6.07, 6.45) is 2.15. The Morgan fingerprint density at radius 2 is 2.00 bits per heavy atom. The minimum Gasteiger partial charge on any atom is -0.482 e. The Labute approximate surface area is 190 Å². The van der Waals surface area contributed by atoms with Gasteiger partial charge in [0.15, 0.2) is 11.5 Å². The van der Waals surface area contributed by atoms with E-state index in [4.69, 9.17) is 25.5 Å². The predicted octanol–water partition coefficient (Wildman–Crippen LogP) is 5.18. The first kappa shape index (κ1) is 21.0. The second-order valence-electron chi connectivity index (χ2n) is 8.65. The number of nitrogens with one attached hydrogen (secondary N) is 1. The third kappa shape index (κ3) is 3.57. The molecule has 0 radical (unpaired) electrons. The molecule has 32 heavy (non-hydrogen) atoms. The summed E-state index contributed by atoms with van der Waals surface area (Å²) in [6, 6.07) is 10.8. The Kier molecular flexibility index (Phi) is 5.22. The number of ether oxygens (including phenoxy) is 2. The Morgan fingerprint density at radius 3 is 2.72 bits per heavy atom. The topological polar surface area (TPSA) is 77.8 Å². The number of carbonyl (C=O) groups excluding carboxylic acids is 2. The molecule has 1 N–H and O–H groups in total. The van der Waals surface area contributed by atoms with Gasteiger partial charge >= 0.3 is 0 Å². The van der Waals surface area contributed by atoms with Gasteiger partial charge in [0.25, 0.3) is 5.91 Å². The fourth-order valence-electron chi connectivity index (χ4n) is 4.63. The lowest BCUT2D eigenvalue weighted by Crippen LogP contribution is -2.36. The average Bonchev–Trinajstić information content (AvgIpc) is 3.40. The van der Waals surface area contributed by atoms with Crippen LogP contribution >= 0.6 is 11.6 Å². The van der Waals surface area contributed by atoms with Crippen LogP contribution in [0.2, 0.25) is 5.02 Å². The van der Waals surface area contributed by atoms with Gasteiger partial charge in [-0.05, 0) is 56.5 Å². The molecule has 3 heterocycles. The highest BCUT2D eigenvalue weighted by Gasteiger charge is 2.40. The summed E-state index contributed by atoms with van der Waals surface area (Å²) in [5.74, 6) is 0.342. The van der Waals surface area contributed by atoms with E-state index in [2.05, 4.69) is 5.32 Å². The molecule has 0 saturated carbocycles. The van der Waals surface area contributed by atoms with Crippen molar-refractivity contribution in [2.75, 3.05) is 13.2 Å². The number of amides is 1. The molecular formula is C25H24ClNO5. The van der Waals surface area contributed by atoms with Crippen molar-refractivity contribution >= 4 is 34.3 Å². The van der Waals surface area contributed by atoms with Crippen molar-refractivity contribution < 1.29 is 23.5 Å². The summed E-state index contributed by atoms with van der Waals surface area (Å²) >= 11 is 6.02. The molecule has 6 nitrogen and oxygen atoms in total. The van der Waals surface area contributed by atoms with Gasteiger partial charge in [-0.2, -0.15) is 0 Å². The highest BCUT2D eigenvalue weighted by atomic mass is 35.5. The molecule has 2 atom stereocenters. The summed E-state index contributed by atoms with van der Waals surface area (Å²) in [6.45, 7) is 4.86. The van der Waals surface area contributed by atoms with E-state index in [1.165, 1.54) is 0 Å². The van der Waals surface area contributed by atoms with Gasteiger partial charge < -0.3 is 19.2 Å². The van der Waals surface area contributed by atoms with Crippen LogP contribution in [0.1, 0.15) is 58.2 Å². The van der Waals surface area contributed by atoms with Crippen molar-refractivity contribution in [2.45, 2.75) is 44.8 Å². The zero-order valence-corrected chi connectivity index (χ0v) is 18.8. The van der Waals surface area contributed by atoms with Gasteiger partial charge in [0.1, 0.15) is 16.9 Å². The summed E-state index contributed by atoms with van der Waals surface area (Å²) in [4.78, 5) is 26.1. The summed E-state index contributed by atoms with van der Waals surface area (Å²) in [7, 11) is 0. The molecule has 0 unspecified atom stereocenters. The number of fused-ring (bicyclic) bond motifs is 3. The van der Waals surface area contributed by atoms with Gasteiger partial charge in [0.05, 0.1) is 18.1 Å². The molecule has 2 aliphatic heterocycles. The van der Waals surface area contributed by atoms with E-state index in [-0.39, 0.29) is 30.0 Å². The van der Waals surface area contributed by atoms with Crippen molar-refractivity contribution in [1.82, 2.24) is 5.32 Å². The molecule has 2 aliphatic rings. The van der Waals surface area contributed by atoms with Crippen LogP contribution in [0.15, 0.2) is 40.8 Å². The first-order chi connectivity index (χ1) is 15.4. The second-order valence-corrected chi connectivity index (χ2v) is 9.09. The molecule has 0 bridgehead atoms. The zero-order valence-electron chi connectivity index (χ0n) is 18.0. The van der Waals surface area contributed by atoms with Crippen LogP contribution < -0.4 is 10.1 Å². The van der Waals surface area contributed by atoms with Crippen LogP contribution in [0.3, 0.4) is 0 Å². The van der Waals surface area contributed by atoms with Crippen LogP contribution in [0.5, 0.6) is 5.75 Å². The molecule has 3 aromatic rings. The number of halogens is 1. The standard InChI is InChI=1S/C25H24ClNO5/c1-14-21-19(31-23(14)24(29)27-13-17-4-3-11-30-17)9-10-20-22(21)18(28)12-25(2,32-20)15-5-7-16(26)8-6-15/h5-10,17H,3-4,11-13H2,1-2H3,(H,27,29)/t17-,25-/m1/s1. The van der Waals surface area contributed by atoms with Gasteiger partial charge in [0, 0.05) is 29.1 Å². The van der Waals surface area contributed by atoms with Gasteiger partial charge in [-0.25, -0.2) is 0 Å². The van der Waals surface area contributed by atoms with Gasteiger partial charge in [-0.15, -0.1) is 0 Å². The van der Waals surface area contributed by atoms with E-state index in [0.29, 0.717) is 39.4 Å². The summed E-state index contributed by atoms with van der Waals surface area (Å²) in [5, 5.41) is 4.15. The van der Waals surface area contributed by atoms with Crippen LogP contribution in [-0.4, -0.2) is 30.9 Å². The number of hydrogen-bond donors (Lipinski definition) is 1. The van der Waals surface area contributed by atoms with Crippen LogP contribution in [0.25, 0.3) is 11.0 Å². The number of rotatable bonds is 4. The van der Waals surface area contributed by atoms with Crippen molar-refractivity contribution in [1.29, 1.82) is 0 Å². The highest BCUT2D eigenvalue weighted by Crippen LogP contribution is 2.44. The summed E-state index contributed by atoms with van der Waals surface area (Å²) < 4.78 is 17.8. The van der Waals surface area contributed by atoms with Gasteiger partial charge in [0.2, 0.25) is 0 Å². The van der Waals surface area contributed by atoms with E-state index < -0.39 is 5.60 Å². The quantitative estimate of drug-likeness (QED) is 0.588. The number of benzene rings is 2. The Balaban J connectivity index is 1.48. The van der Waals surface area contributed by atoms with Crippen molar-refractivity contribution in [3.05, 3.63) is 63.9 Å². The van der Waals surface area contributed by atoms with E-state index in [1.807, 2.05) is 19.1 Å². The molecule has 0 aliphatic carbocycles. The van der Waals surface area contributed by atoms with Crippen molar-refractivity contribution in [3.8, 4) is 5.75 Å². The SMILES string of the molecule is Cc1c(C(=O)NC[C@H]2CCCO2)oc2ccc3c(c12)C(=O)C[C@](C)(c1ccc(Cl)cc1)O3. The van der Waals surface area contributed by atoms with E-state index >= 15 is 0 Å². The maximum Gasteiger partial charge on any atom is 0.287 e. The minimum atomic E-state index is -0.804. The number of hydrogen-bond acceptors (Lipinski definition) is 5. The second kappa shape index (κ2) is 7.94. The van der Waals surface area contributed by atoms with Gasteiger partial charge in [-0.1, -0.05) is 23.7 Å². The number of furan rings is 1. The molecule has 1 aromatic heterocycles. The molecule has 0 spiro atoms. The lowest BCUT2D eigenvalue weighted by molar-refractivity contribution is 0.0507. The third-order valence-corrected chi connectivity index (χ3v) is 6.60. The molecule has 166 valence electrons. The first-order valence-corrected chi connectivity index (χ1v) is 11.2. The molecule has 1 saturated heterocycles. The Hall–Kier alpha value is -2.83. The number of aryl methyl sites for hydroxylation is 1. The zero-order chi connectivity index (χ0) is 22.5. The highest BCUT2D eigenvalue weighted by molar-refractivity contribution is 6.30. The van der Waals surface area contributed by atoms with E-state index in [9.17, 15) is 9.59 Å². The maximum atomic E-state index is 13.3. The monoisotopic (exact) mass is 453 g/mol. The lowest BCUT2D eigenvalue weighted by Gasteiger charge is -2.35. The van der Waals surface area contributed by atoms with Crippen LogP contribution in [0.4, 0.5) is 0 Å². The summed E-state index contributed by atoms with van der Waals surface area (Å²) in [5.41, 5.74) is 1.67. The Morgan fingerprint density at radius 1 is 1.22 bits per heavy atom. The molecule has 1 fully saturated rings. The van der Waals surface area contributed by atoms with Crippen LogP contribution in [0, 0.1) is 6.92 Å². The average molecular weight is 454 g/mol. The normalized spacial score (nSPS) is 22.6. The van der Waals surface area contributed by atoms with Crippen molar-refractivity contribution in [3.63, 3.8) is 0 Å². The number of Topliss-reactive ketones (excluding diaryl/α,β-unsaturated/α-hetero) is 1. The largest absolute Gasteiger partial charge is 0.482 e. The maximum absolute atomic E-state index is 13.3. The third-order valence-electron chi connectivity index (χ3n) is 6.34.